The van der Waals surface area contributed by atoms with Crippen LogP contribution in [0.15, 0.2) is 12.1 Å². The van der Waals surface area contributed by atoms with Crippen LogP contribution in [0.1, 0.15) is 30.1 Å². The van der Waals surface area contributed by atoms with E-state index >= 15 is 0 Å². The third-order valence-electron chi connectivity index (χ3n) is 5.05. The van der Waals surface area contributed by atoms with E-state index in [1.165, 1.54) is 0 Å². The largest absolute Gasteiger partial charge is 0.493 e. The number of rotatable bonds is 6. The third kappa shape index (κ3) is 5.19. The van der Waals surface area contributed by atoms with Crippen LogP contribution in [0, 0.1) is 0 Å². The number of hydrogen-bond donors (Lipinski definition) is 1. The monoisotopic (exact) mass is 417 g/mol. The van der Waals surface area contributed by atoms with Crippen LogP contribution in [0.2, 0.25) is 5.02 Å². The highest BCUT2D eigenvalue weighted by Gasteiger charge is 2.32. The molecule has 0 aliphatic carbocycles. The molecule has 0 saturated carbocycles. The molecule has 2 saturated heterocycles. The van der Waals surface area contributed by atoms with Gasteiger partial charge < -0.3 is 19.7 Å². The Kier molecular flexibility index (Phi) is 8.48. The first-order chi connectivity index (χ1) is 12.6. The number of piperazine rings is 1. The number of halogens is 2. The van der Waals surface area contributed by atoms with E-state index in [0.29, 0.717) is 34.7 Å². The number of likely N-dealkylation sites (tertiary alicyclic amines) is 1. The average Bonchev–Trinajstić information content (AvgIpc) is 3.16. The van der Waals surface area contributed by atoms with Crippen molar-refractivity contribution in [2.24, 2.45) is 0 Å². The topological polar surface area (TPSA) is 54.0 Å². The molecule has 6 nitrogen and oxygen atoms in total. The van der Waals surface area contributed by atoms with Crippen molar-refractivity contribution >= 4 is 29.9 Å². The van der Waals surface area contributed by atoms with Crippen LogP contribution in [-0.2, 0) is 0 Å². The van der Waals surface area contributed by atoms with Crippen LogP contribution in [0.5, 0.6) is 11.5 Å². The lowest BCUT2D eigenvalue weighted by molar-refractivity contribution is 0.0773. The molecule has 2 heterocycles. The molecule has 2 aliphatic rings. The lowest BCUT2D eigenvalue weighted by Crippen LogP contribution is -2.49. The molecule has 1 N–H and O–H groups in total. The molecule has 0 aromatic heterocycles. The van der Waals surface area contributed by atoms with Gasteiger partial charge in [0.1, 0.15) is 0 Å². The highest BCUT2D eigenvalue weighted by Crippen LogP contribution is 2.37. The molecule has 152 valence electrons. The quantitative estimate of drug-likeness (QED) is 0.770. The fourth-order valence-electron chi connectivity index (χ4n) is 3.64. The molecule has 1 atom stereocenters. The lowest BCUT2D eigenvalue weighted by Gasteiger charge is -2.32. The van der Waals surface area contributed by atoms with Gasteiger partial charge in [0.2, 0.25) is 0 Å². The Balaban J connectivity index is 0.00000261. The minimum absolute atomic E-state index is 0. The standard InChI is InChI=1S/C19H28ClN3O3.ClH/c1-3-10-26-18-16(20)11-14(12-17(18)25-2)19(24)23-7-4-15(13-23)22-8-5-21-6-9-22;/h11-12,15,21H,3-10,13H2,1-2H3;1H. The molecule has 1 aromatic rings. The predicted molar refractivity (Wildman–Crippen MR) is 110 cm³/mol. The van der Waals surface area contributed by atoms with Gasteiger partial charge in [0, 0.05) is 50.9 Å². The Hall–Kier alpha value is -1.21. The Morgan fingerprint density at radius 3 is 2.70 bits per heavy atom. The van der Waals surface area contributed by atoms with Gasteiger partial charge in [-0.2, -0.15) is 0 Å². The van der Waals surface area contributed by atoms with E-state index in [4.69, 9.17) is 21.1 Å². The van der Waals surface area contributed by atoms with Crippen LogP contribution in [0.25, 0.3) is 0 Å². The maximum atomic E-state index is 13.0. The first-order valence-corrected chi connectivity index (χ1v) is 9.76. The first kappa shape index (κ1) is 22.1. The minimum atomic E-state index is 0. The summed E-state index contributed by atoms with van der Waals surface area (Å²) in [5, 5.41) is 3.79. The van der Waals surface area contributed by atoms with Gasteiger partial charge in [-0.3, -0.25) is 9.69 Å². The summed E-state index contributed by atoms with van der Waals surface area (Å²) in [6, 6.07) is 3.87. The highest BCUT2D eigenvalue weighted by atomic mass is 35.5. The molecule has 0 radical (unpaired) electrons. The number of benzene rings is 1. The van der Waals surface area contributed by atoms with Gasteiger partial charge in [-0.1, -0.05) is 18.5 Å². The molecular weight excluding hydrogens is 389 g/mol. The molecule has 8 heteroatoms. The SMILES string of the molecule is CCCOc1c(Cl)cc(C(=O)N2CCC(N3CCNCC3)C2)cc1OC.Cl. The van der Waals surface area contributed by atoms with Crippen LogP contribution in [0.4, 0.5) is 0 Å². The van der Waals surface area contributed by atoms with Crippen molar-refractivity contribution in [3.05, 3.63) is 22.7 Å². The molecule has 1 amide bonds. The fourth-order valence-corrected chi connectivity index (χ4v) is 3.91. The van der Waals surface area contributed by atoms with Gasteiger partial charge in [0.25, 0.3) is 5.91 Å². The number of amides is 1. The number of hydrogen-bond acceptors (Lipinski definition) is 5. The van der Waals surface area contributed by atoms with Crippen LogP contribution < -0.4 is 14.8 Å². The fraction of sp³-hybridized carbons (Fsp3) is 0.632. The molecule has 1 aromatic carbocycles. The summed E-state index contributed by atoms with van der Waals surface area (Å²) in [6.07, 6.45) is 1.90. The minimum Gasteiger partial charge on any atom is -0.493 e. The number of carbonyl (C=O) groups excluding carboxylic acids is 1. The van der Waals surface area contributed by atoms with E-state index in [1.807, 2.05) is 11.8 Å². The summed E-state index contributed by atoms with van der Waals surface area (Å²) in [5.41, 5.74) is 0.552. The van der Waals surface area contributed by atoms with Crippen LogP contribution in [-0.4, -0.2) is 74.7 Å². The van der Waals surface area contributed by atoms with Crippen molar-refractivity contribution in [1.29, 1.82) is 0 Å². The van der Waals surface area contributed by atoms with Crippen molar-refractivity contribution < 1.29 is 14.3 Å². The first-order valence-electron chi connectivity index (χ1n) is 9.38. The van der Waals surface area contributed by atoms with Gasteiger partial charge in [0.15, 0.2) is 11.5 Å². The van der Waals surface area contributed by atoms with E-state index in [2.05, 4.69) is 10.2 Å². The molecule has 0 bridgehead atoms. The average molecular weight is 418 g/mol. The summed E-state index contributed by atoms with van der Waals surface area (Å²) in [7, 11) is 1.56. The predicted octanol–water partition coefficient (Wildman–Crippen LogP) is 2.68. The van der Waals surface area contributed by atoms with Gasteiger partial charge >= 0.3 is 0 Å². The second-order valence-electron chi connectivity index (χ2n) is 6.82. The van der Waals surface area contributed by atoms with E-state index in [0.717, 1.165) is 52.1 Å². The van der Waals surface area contributed by atoms with Crippen LogP contribution >= 0.6 is 24.0 Å². The van der Waals surface area contributed by atoms with E-state index < -0.39 is 0 Å². The summed E-state index contributed by atoms with van der Waals surface area (Å²) < 4.78 is 11.1. The second-order valence-corrected chi connectivity index (χ2v) is 7.22. The number of methoxy groups -OCH3 is 1. The van der Waals surface area contributed by atoms with Crippen molar-refractivity contribution in [3.63, 3.8) is 0 Å². The highest BCUT2D eigenvalue weighted by molar-refractivity contribution is 6.32. The third-order valence-corrected chi connectivity index (χ3v) is 5.33. The maximum absolute atomic E-state index is 13.0. The van der Waals surface area contributed by atoms with Crippen LogP contribution in [0.3, 0.4) is 0 Å². The summed E-state index contributed by atoms with van der Waals surface area (Å²) in [4.78, 5) is 17.4. The molecule has 27 heavy (non-hydrogen) atoms. The van der Waals surface area contributed by atoms with E-state index in [1.54, 1.807) is 19.2 Å². The van der Waals surface area contributed by atoms with Crippen molar-refractivity contribution in [3.8, 4) is 11.5 Å². The number of ether oxygens (including phenoxy) is 2. The molecule has 3 rings (SSSR count). The second kappa shape index (κ2) is 10.4. The molecule has 2 fully saturated rings. The zero-order chi connectivity index (χ0) is 18.5. The van der Waals surface area contributed by atoms with Gasteiger partial charge in [-0.05, 0) is 25.0 Å². The lowest BCUT2D eigenvalue weighted by atomic mass is 10.1. The van der Waals surface area contributed by atoms with Crippen molar-refractivity contribution in [2.45, 2.75) is 25.8 Å². The van der Waals surface area contributed by atoms with Gasteiger partial charge in [-0.15, -0.1) is 12.4 Å². The van der Waals surface area contributed by atoms with E-state index in [9.17, 15) is 4.79 Å². The molecule has 1 unspecified atom stereocenters. The van der Waals surface area contributed by atoms with Crippen molar-refractivity contribution in [1.82, 2.24) is 15.1 Å². The molecular formula is C19H29Cl2N3O3. The summed E-state index contributed by atoms with van der Waals surface area (Å²) >= 11 is 6.36. The zero-order valence-corrected chi connectivity index (χ0v) is 17.6. The molecule has 0 spiro atoms. The van der Waals surface area contributed by atoms with Crippen molar-refractivity contribution in [2.75, 3.05) is 53.0 Å². The normalized spacial score (nSPS) is 20.3. The summed E-state index contributed by atoms with van der Waals surface area (Å²) in [6.45, 7) is 8.29. The Bertz CT molecular complexity index is 639. The smallest absolute Gasteiger partial charge is 0.254 e. The number of nitrogens with zero attached hydrogens (tertiary/aromatic N) is 2. The number of nitrogens with one attached hydrogen (secondary N) is 1. The number of carbonyl (C=O) groups is 1. The van der Waals surface area contributed by atoms with Gasteiger partial charge in [-0.25, -0.2) is 0 Å². The zero-order valence-electron chi connectivity index (χ0n) is 16.0. The Morgan fingerprint density at radius 1 is 1.30 bits per heavy atom. The van der Waals surface area contributed by atoms with E-state index in [-0.39, 0.29) is 18.3 Å². The summed E-state index contributed by atoms with van der Waals surface area (Å²) in [5.74, 6) is 1.02. The molecule has 2 aliphatic heterocycles. The Labute approximate surface area is 172 Å². The Morgan fingerprint density at radius 2 is 2.04 bits per heavy atom. The maximum Gasteiger partial charge on any atom is 0.254 e. The van der Waals surface area contributed by atoms with Gasteiger partial charge in [0.05, 0.1) is 18.7 Å².